The van der Waals surface area contributed by atoms with Crippen molar-refractivity contribution in [2.24, 2.45) is 0 Å². The van der Waals surface area contributed by atoms with Crippen LogP contribution in [0, 0.1) is 0 Å². The van der Waals surface area contributed by atoms with Gasteiger partial charge in [-0.15, -0.1) is 37.2 Å². The highest BCUT2D eigenvalue weighted by molar-refractivity contribution is 5.97. The van der Waals surface area contributed by atoms with Gasteiger partial charge >= 0.3 is 0 Å². The molecule has 1 saturated heterocycles. The number of nitrogens with one attached hydrogen (secondary N) is 1. The Labute approximate surface area is 190 Å². The van der Waals surface area contributed by atoms with E-state index in [4.69, 9.17) is 0 Å². The Morgan fingerprint density at radius 1 is 0.828 bits per heavy atom. The first kappa shape index (κ1) is 27.3. The molecule has 3 rings (SSSR count). The second-order valence-corrected chi connectivity index (χ2v) is 6.44. The highest BCUT2D eigenvalue weighted by Gasteiger charge is 2.20. The van der Waals surface area contributed by atoms with Crippen LogP contribution >= 0.6 is 37.2 Å². The van der Waals surface area contributed by atoms with Crippen molar-refractivity contribution in [3.63, 3.8) is 0 Å². The van der Waals surface area contributed by atoms with Gasteiger partial charge in [-0.05, 0) is 12.1 Å². The topological polar surface area (TPSA) is 65.5 Å². The van der Waals surface area contributed by atoms with Crippen LogP contribution in [-0.2, 0) is 11.3 Å². The van der Waals surface area contributed by atoms with Crippen LogP contribution in [0.4, 0.5) is 0 Å². The molecule has 0 atom stereocenters. The average molecular weight is 462 g/mol. The normalized spacial score (nSPS) is 13.9. The maximum absolute atomic E-state index is 12.3. The number of carbonyl (C=O) groups excluding carboxylic acids is 2. The third-order valence-corrected chi connectivity index (χ3v) is 4.49. The summed E-state index contributed by atoms with van der Waals surface area (Å²) < 4.78 is 0. The van der Waals surface area contributed by atoms with Gasteiger partial charge in [0, 0.05) is 37.9 Å². The average Bonchev–Trinajstić information content (AvgIpc) is 2.69. The number of piperazine rings is 1. The lowest BCUT2D eigenvalue weighted by Gasteiger charge is -2.33. The molecule has 1 amide bonds. The third-order valence-electron chi connectivity index (χ3n) is 4.49. The van der Waals surface area contributed by atoms with Crippen molar-refractivity contribution >= 4 is 48.9 Å². The van der Waals surface area contributed by atoms with Crippen LogP contribution in [0.5, 0.6) is 0 Å². The molecule has 1 aromatic carbocycles. The zero-order chi connectivity index (χ0) is 18.2. The molecule has 1 fully saturated rings. The van der Waals surface area contributed by atoms with Crippen molar-refractivity contribution < 1.29 is 9.59 Å². The van der Waals surface area contributed by atoms with E-state index in [1.54, 1.807) is 6.20 Å². The van der Waals surface area contributed by atoms with Gasteiger partial charge in [-0.1, -0.05) is 36.4 Å². The summed E-state index contributed by atoms with van der Waals surface area (Å²) in [5, 5.41) is 2.90. The molecular weight excluding hydrogens is 435 g/mol. The fourth-order valence-corrected chi connectivity index (χ4v) is 2.97. The van der Waals surface area contributed by atoms with Crippen LogP contribution in [0.2, 0.25) is 0 Å². The number of halogens is 3. The van der Waals surface area contributed by atoms with Crippen molar-refractivity contribution in [1.82, 2.24) is 20.1 Å². The number of rotatable bonds is 7. The Kier molecular flexibility index (Phi) is 13.5. The Morgan fingerprint density at radius 2 is 1.41 bits per heavy atom. The molecule has 0 spiro atoms. The van der Waals surface area contributed by atoms with E-state index in [1.807, 2.05) is 48.5 Å². The van der Waals surface area contributed by atoms with Crippen molar-refractivity contribution in [1.29, 1.82) is 0 Å². The van der Waals surface area contributed by atoms with Gasteiger partial charge in [0.25, 0.3) is 0 Å². The van der Waals surface area contributed by atoms with Crippen molar-refractivity contribution in [3.8, 4) is 0 Å². The van der Waals surface area contributed by atoms with E-state index < -0.39 is 0 Å². The fourth-order valence-electron chi connectivity index (χ4n) is 2.97. The Balaban J connectivity index is 0.00000261. The number of hydrogen-bond acceptors (Lipinski definition) is 5. The number of hydrogen-bond donors (Lipinski definition) is 1. The molecule has 0 radical (unpaired) electrons. The Morgan fingerprint density at radius 3 is 2.00 bits per heavy atom. The van der Waals surface area contributed by atoms with Gasteiger partial charge in [0.2, 0.25) is 5.91 Å². The van der Waals surface area contributed by atoms with Crippen molar-refractivity contribution in [2.75, 3.05) is 39.3 Å². The summed E-state index contributed by atoms with van der Waals surface area (Å²) in [5.41, 5.74) is 1.61. The molecule has 0 saturated carbocycles. The molecule has 0 unspecified atom stereocenters. The van der Waals surface area contributed by atoms with Gasteiger partial charge < -0.3 is 5.32 Å². The summed E-state index contributed by atoms with van der Waals surface area (Å²) in [6.07, 6.45) is 1.72. The number of amides is 1. The lowest BCUT2D eigenvalue weighted by molar-refractivity contribution is -0.122. The molecule has 29 heavy (non-hydrogen) atoms. The van der Waals surface area contributed by atoms with Gasteiger partial charge in [0.05, 0.1) is 25.3 Å². The molecule has 1 aliphatic rings. The maximum Gasteiger partial charge on any atom is 0.234 e. The van der Waals surface area contributed by atoms with E-state index in [0.717, 1.165) is 37.4 Å². The summed E-state index contributed by atoms with van der Waals surface area (Å²) in [5.74, 6) is 0.150. The highest BCUT2D eigenvalue weighted by Crippen LogP contribution is 2.06. The molecule has 2 aromatic rings. The van der Waals surface area contributed by atoms with E-state index in [0.29, 0.717) is 19.6 Å². The number of pyridine rings is 1. The maximum atomic E-state index is 12.3. The van der Waals surface area contributed by atoms with E-state index in [1.165, 1.54) is 0 Å². The van der Waals surface area contributed by atoms with Gasteiger partial charge in [-0.3, -0.25) is 24.4 Å². The first-order valence-electron chi connectivity index (χ1n) is 8.90. The number of benzene rings is 1. The smallest absolute Gasteiger partial charge is 0.234 e. The molecule has 1 aliphatic heterocycles. The quantitative estimate of drug-likeness (QED) is 0.642. The lowest BCUT2D eigenvalue weighted by atomic mass is 10.1. The zero-order valence-corrected chi connectivity index (χ0v) is 18.5. The van der Waals surface area contributed by atoms with Crippen molar-refractivity contribution in [3.05, 3.63) is 66.0 Å². The third kappa shape index (κ3) is 9.10. The van der Waals surface area contributed by atoms with Gasteiger partial charge in [-0.25, -0.2) is 0 Å². The van der Waals surface area contributed by atoms with Crippen LogP contribution in [0.3, 0.4) is 0 Å². The summed E-state index contributed by atoms with van der Waals surface area (Å²) >= 11 is 0. The minimum atomic E-state index is 0. The first-order valence-corrected chi connectivity index (χ1v) is 8.90. The second-order valence-electron chi connectivity index (χ2n) is 6.44. The van der Waals surface area contributed by atoms with Gasteiger partial charge in [0.1, 0.15) is 0 Å². The van der Waals surface area contributed by atoms with E-state index in [-0.39, 0.29) is 48.9 Å². The minimum Gasteiger partial charge on any atom is -0.349 e. The Bertz CT molecular complexity index is 727. The van der Waals surface area contributed by atoms with Crippen LogP contribution in [0.25, 0.3) is 0 Å². The highest BCUT2D eigenvalue weighted by atomic mass is 35.5. The number of ketones is 1. The van der Waals surface area contributed by atoms with Crippen LogP contribution in [0.1, 0.15) is 16.1 Å². The molecule has 160 valence electrons. The zero-order valence-electron chi connectivity index (χ0n) is 16.0. The summed E-state index contributed by atoms with van der Waals surface area (Å²) in [7, 11) is 0. The van der Waals surface area contributed by atoms with Gasteiger partial charge in [-0.2, -0.15) is 0 Å². The number of nitrogens with zero attached hydrogens (tertiary/aromatic N) is 3. The molecule has 1 aromatic heterocycles. The van der Waals surface area contributed by atoms with Crippen LogP contribution in [0.15, 0.2) is 54.7 Å². The summed E-state index contributed by atoms with van der Waals surface area (Å²) in [6.45, 7) is 4.44. The van der Waals surface area contributed by atoms with Crippen LogP contribution < -0.4 is 5.32 Å². The monoisotopic (exact) mass is 460 g/mol. The summed E-state index contributed by atoms with van der Waals surface area (Å²) in [6, 6.07) is 15.0. The van der Waals surface area contributed by atoms with Gasteiger partial charge in [0.15, 0.2) is 5.78 Å². The molecule has 0 bridgehead atoms. The molecule has 2 heterocycles. The van der Waals surface area contributed by atoms with E-state index >= 15 is 0 Å². The van der Waals surface area contributed by atoms with Crippen molar-refractivity contribution in [2.45, 2.75) is 6.54 Å². The second kappa shape index (κ2) is 14.3. The Hall–Kier alpha value is -1.70. The molecule has 0 aliphatic carbocycles. The standard InChI is InChI=1S/C20H24N4O2.3ClH/c25-19(17-6-2-1-3-7-17)15-23-10-12-24(13-11-23)16-20(26)22-14-18-8-4-5-9-21-18;;;/h1-9H,10-16H2,(H,22,26);3*1H. The number of aromatic nitrogens is 1. The van der Waals surface area contributed by atoms with E-state index in [2.05, 4.69) is 20.1 Å². The van der Waals surface area contributed by atoms with E-state index in [9.17, 15) is 9.59 Å². The molecule has 9 heteroatoms. The SMILES string of the molecule is Cl.Cl.Cl.O=C(CN1CCN(CC(=O)c2ccccc2)CC1)NCc1ccccn1. The number of Topliss-reactive ketones (excluding diaryl/α,β-unsaturated/α-hetero) is 1. The minimum absolute atomic E-state index is 0. The predicted octanol–water partition coefficient (Wildman–Crippen LogP) is 2.46. The first-order chi connectivity index (χ1) is 12.7. The lowest BCUT2D eigenvalue weighted by Crippen LogP contribution is -2.50. The van der Waals surface area contributed by atoms with Crippen LogP contribution in [-0.4, -0.2) is 65.7 Å². The molecular formula is C20H27Cl3N4O2. The predicted molar refractivity (Wildman–Crippen MR) is 121 cm³/mol. The largest absolute Gasteiger partial charge is 0.349 e. The number of carbonyl (C=O) groups is 2. The summed E-state index contributed by atoms with van der Waals surface area (Å²) in [4.78, 5) is 32.8. The fraction of sp³-hybridized carbons (Fsp3) is 0.350. The molecule has 1 N–H and O–H groups in total. The molecule has 6 nitrogen and oxygen atoms in total.